The Bertz CT molecular complexity index is 349. The molecule has 0 spiro atoms. The number of hydrogen-bond acceptors (Lipinski definition) is 0. The van der Waals surface area contributed by atoms with Crippen LogP contribution in [0.15, 0.2) is 42.5 Å². The van der Waals surface area contributed by atoms with Gasteiger partial charge in [-0.1, -0.05) is 42.2 Å². The van der Waals surface area contributed by atoms with E-state index < -0.39 is 0 Å². The van der Waals surface area contributed by atoms with Gasteiger partial charge in [0.15, 0.2) is 0 Å². The fourth-order valence-corrected chi connectivity index (χ4v) is 1.45. The molecule has 1 aromatic rings. The highest BCUT2D eigenvalue weighted by Crippen LogP contribution is 2.15. The number of allylic oxidation sites excluding steroid dienone is 2. The fraction of sp³-hybridized carbons (Fsp3) is 0.231. The molecule has 0 nitrogen and oxygen atoms in total. The van der Waals surface area contributed by atoms with Crippen LogP contribution in [0, 0.1) is 17.8 Å². The molecule has 64 valence electrons. The molecule has 0 saturated carbocycles. The summed E-state index contributed by atoms with van der Waals surface area (Å²) in [5.74, 6) is 6.93. The second-order valence-electron chi connectivity index (χ2n) is 3.25. The summed E-state index contributed by atoms with van der Waals surface area (Å²) < 4.78 is 0. The van der Waals surface area contributed by atoms with E-state index in [0.29, 0.717) is 5.92 Å². The van der Waals surface area contributed by atoms with Crippen LogP contribution in [0.4, 0.5) is 0 Å². The Balaban J connectivity index is 2.08. The molecule has 2 rings (SSSR count). The van der Waals surface area contributed by atoms with E-state index in [9.17, 15) is 0 Å². The van der Waals surface area contributed by atoms with Gasteiger partial charge in [-0.15, -0.1) is 0 Å². The monoisotopic (exact) mass is 168 g/mol. The summed E-state index contributed by atoms with van der Waals surface area (Å²) in [5.41, 5.74) is 1.11. The van der Waals surface area contributed by atoms with Crippen LogP contribution in [0.25, 0.3) is 0 Å². The first-order chi connectivity index (χ1) is 6.45. The molecule has 0 bridgehead atoms. The van der Waals surface area contributed by atoms with Crippen LogP contribution >= 0.6 is 0 Å². The molecule has 1 aliphatic carbocycles. The van der Waals surface area contributed by atoms with E-state index in [-0.39, 0.29) is 0 Å². The van der Waals surface area contributed by atoms with Crippen molar-refractivity contribution in [1.29, 1.82) is 0 Å². The number of rotatable bonds is 0. The summed E-state index contributed by atoms with van der Waals surface area (Å²) in [4.78, 5) is 0. The van der Waals surface area contributed by atoms with Crippen LogP contribution in [0.3, 0.4) is 0 Å². The maximum Gasteiger partial charge on any atom is 0.0389 e. The smallest absolute Gasteiger partial charge is 0.0389 e. The van der Waals surface area contributed by atoms with Crippen LogP contribution in [0.2, 0.25) is 0 Å². The minimum atomic E-state index is 0.486. The Morgan fingerprint density at radius 1 is 1.15 bits per heavy atom. The molecule has 0 aromatic heterocycles. The molecular weight excluding hydrogens is 156 g/mol. The first kappa shape index (κ1) is 8.13. The van der Waals surface area contributed by atoms with Gasteiger partial charge in [0, 0.05) is 11.5 Å². The summed E-state index contributed by atoms with van der Waals surface area (Å²) in [5, 5.41) is 0. The zero-order chi connectivity index (χ0) is 8.93. The van der Waals surface area contributed by atoms with Gasteiger partial charge in [-0.05, 0) is 25.0 Å². The molecule has 1 aromatic carbocycles. The van der Waals surface area contributed by atoms with Crippen molar-refractivity contribution < 1.29 is 0 Å². The highest BCUT2D eigenvalue weighted by Gasteiger charge is 2.03. The molecule has 0 aliphatic heterocycles. The van der Waals surface area contributed by atoms with Crippen LogP contribution in [-0.4, -0.2) is 0 Å². The lowest BCUT2D eigenvalue weighted by Gasteiger charge is -1.93. The molecule has 0 fully saturated rings. The standard InChI is InChI=1S/C13H12/c1-2-6-12(7-3-1)10-11-13-8-4-5-9-13/h1-4,6-8,13H,5,9H2/t13-/m0/s1. The minimum Gasteiger partial charge on any atom is -0.0903 e. The Morgan fingerprint density at radius 3 is 2.69 bits per heavy atom. The highest BCUT2D eigenvalue weighted by atomic mass is 14.1. The van der Waals surface area contributed by atoms with Gasteiger partial charge in [0.2, 0.25) is 0 Å². The first-order valence-electron chi connectivity index (χ1n) is 4.68. The van der Waals surface area contributed by atoms with Crippen LogP contribution in [-0.2, 0) is 0 Å². The SMILES string of the molecule is C(#C[C@H]1C=CCC1)c1ccccc1. The Kier molecular flexibility index (Phi) is 2.48. The number of hydrogen-bond donors (Lipinski definition) is 0. The Hall–Kier alpha value is -1.48. The molecule has 0 unspecified atom stereocenters. The summed E-state index contributed by atoms with van der Waals surface area (Å²) in [7, 11) is 0. The maximum atomic E-state index is 3.26. The lowest BCUT2D eigenvalue weighted by molar-refractivity contribution is 0.796. The predicted octanol–water partition coefficient (Wildman–Crippen LogP) is 3.00. The summed E-state index contributed by atoms with van der Waals surface area (Å²) >= 11 is 0. The van der Waals surface area contributed by atoms with Crippen molar-refractivity contribution in [3.05, 3.63) is 48.0 Å². The summed E-state index contributed by atoms with van der Waals surface area (Å²) in [6.07, 6.45) is 6.80. The van der Waals surface area contributed by atoms with Crippen molar-refractivity contribution in [2.45, 2.75) is 12.8 Å². The molecule has 13 heavy (non-hydrogen) atoms. The fourth-order valence-electron chi connectivity index (χ4n) is 1.45. The topological polar surface area (TPSA) is 0 Å². The second-order valence-corrected chi connectivity index (χ2v) is 3.25. The van der Waals surface area contributed by atoms with E-state index in [2.05, 4.69) is 24.0 Å². The van der Waals surface area contributed by atoms with Gasteiger partial charge in [0.1, 0.15) is 0 Å². The normalized spacial score (nSPS) is 19.5. The third-order valence-electron chi connectivity index (χ3n) is 2.19. The Morgan fingerprint density at radius 2 is 2.00 bits per heavy atom. The van der Waals surface area contributed by atoms with E-state index in [4.69, 9.17) is 0 Å². The predicted molar refractivity (Wildman–Crippen MR) is 55.2 cm³/mol. The van der Waals surface area contributed by atoms with Gasteiger partial charge in [-0.2, -0.15) is 0 Å². The molecule has 0 heterocycles. The van der Waals surface area contributed by atoms with E-state index >= 15 is 0 Å². The lowest BCUT2D eigenvalue weighted by Crippen LogP contribution is -1.84. The zero-order valence-corrected chi connectivity index (χ0v) is 7.53. The third-order valence-corrected chi connectivity index (χ3v) is 2.19. The van der Waals surface area contributed by atoms with Crippen molar-refractivity contribution in [3.63, 3.8) is 0 Å². The molecule has 0 radical (unpaired) electrons. The van der Waals surface area contributed by atoms with Crippen molar-refractivity contribution in [3.8, 4) is 11.8 Å². The van der Waals surface area contributed by atoms with Crippen molar-refractivity contribution in [2.24, 2.45) is 5.92 Å². The van der Waals surface area contributed by atoms with Crippen molar-refractivity contribution in [1.82, 2.24) is 0 Å². The molecule has 0 heteroatoms. The van der Waals surface area contributed by atoms with Gasteiger partial charge >= 0.3 is 0 Å². The molecule has 1 atom stereocenters. The van der Waals surface area contributed by atoms with E-state index in [1.165, 1.54) is 12.8 Å². The van der Waals surface area contributed by atoms with Gasteiger partial charge < -0.3 is 0 Å². The van der Waals surface area contributed by atoms with Gasteiger partial charge in [-0.3, -0.25) is 0 Å². The van der Waals surface area contributed by atoms with Crippen LogP contribution in [0.5, 0.6) is 0 Å². The highest BCUT2D eigenvalue weighted by molar-refractivity contribution is 5.35. The van der Waals surface area contributed by atoms with Crippen molar-refractivity contribution >= 4 is 0 Å². The zero-order valence-electron chi connectivity index (χ0n) is 7.53. The van der Waals surface area contributed by atoms with E-state index in [0.717, 1.165) is 5.56 Å². The molecule has 0 saturated heterocycles. The largest absolute Gasteiger partial charge is 0.0903 e. The van der Waals surface area contributed by atoms with Crippen LogP contribution in [0.1, 0.15) is 18.4 Å². The maximum absolute atomic E-state index is 3.26. The van der Waals surface area contributed by atoms with Gasteiger partial charge in [0.05, 0.1) is 0 Å². The summed E-state index contributed by atoms with van der Waals surface area (Å²) in [6, 6.07) is 10.2. The average molecular weight is 168 g/mol. The van der Waals surface area contributed by atoms with E-state index in [1.807, 2.05) is 30.3 Å². The molecule has 0 amide bonds. The lowest BCUT2D eigenvalue weighted by atomic mass is 10.1. The second kappa shape index (κ2) is 3.96. The quantitative estimate of drug-likeness (QED) is 0.412. The Labute approximate surface area is 79.3 Å². The van der Waals surface area contributed by atoms with Gasteiger partial charge in [-0.25, -0.2) is 0 Å². The van der Waals surface area contributed by atoms with E-state index in [1.54, 1.807) is 0 Å². The molecule has 1 aliphatic rings. The minimum absolute atomic E-state index is 0.486. The first-order valence-corrected chi connectivity index (χ1v) is 4.68. The summed E-state index contributed by atoms with van der Waals surface area (Å²) in [6.45, 7) is 0. The van der Waals surface area contributed by atoms with Gasteiger partial charge in [0.25, 0.3) is 0 Å². The van der Waals surface area contributed by atoms with Crippen LogP contribution < -0.4 is 0 Å². The average Bonchev–Trinajstić information content (AvgIpc) is 2.69. The molecular formula is C13H12. The molecule has 0 N–H and O–H groups in total. The van der Waals surface area contributed by atoms with Crippen molar-refractivity contribution in [2.75, 3.05) is 0 Å². The number of benzene rings is 1. The third kappa shape index (κ3) is 2.23.